The van der Waals surface area contributed by atoms with Crippen LogP contribution in [0.4, 0.5) is 0 Å². The molecule has 0 amide bonds. The van der Waals surface area contributed by atoms with Crippen LogP contribution in [-0.2, 0) is 26.6 Å². The van der Waals surface area contributed by atoms with Gasteiger partial charge in [-0.05, 0) is 36.1 Å². The van der Waals surface area contributed by atoms with Gasteiger partial charge in [0.2, 0.25) is 0 Å². The molecule has 2 atom stereocenters. The number of ether oxygens (including phenoxy) is 1. The number of hydrogen-bond acceptors (Lipinski definition) is 4. The fourth-order valence-corrected chi connectivity index (χ4v) is 4.66. The summed E-state index contributed by atoms with van der Waals surface area (Å²) in [5, 5.41) is 4.30. The molecule has 3 aromatic rings. The lowest BCUT2D eigenvalue weighted by Gasteiger charge is -2.27. The molecule has 2 aliphatic heterocycles. The van der Waals surface area contributed by atoms with E-state index >= 15 is 0 Å². The molecule has 0 saturated carbocycles. The zero-order valence-corrected chi connectivity index (χ0v) is 15.9. The smallest absolute Gasteiger partial charge is 0.118 e. The number of hydrogen-bond donors (Lipinski definition) is 0. The van der Waals surface area contributed by atoms with Crippen LogP contribution in [0.3, 0.4) is 0 Å². The van der Waals surface area contributed by atoms with Crippen molar-refractivity contribution in [2.45, 2.75) is 19.5 Å². The third-order valence-electron chi connectivity index (χ3n) is 6.00. The predicted octanol–water partition coefficient (Wildman–Crippen LogP) is 2.60. The summed E-state index contributed by atoms with van der Waals surface area (Å²) >= 11 is 0. The van der Waals surface area contributed by atoms with Crippen molar-refractivity contribution in [2.24, 2.45) is 18.9 Å². The normalized spacial score (nSPS) is 21.9. The fraction of sp³-hybridized carbons (Fsp3) is 0.429. The van der Waals surface area contributed by atoms with Crippen LogP contribution >= 0.6 is 0 Å². The molecule has 140 valence electrons. The number of methoxy groups -OCH3 is 1. The quantitative estimate of drug-likeness (QED) is 0.715. The maximum atomic E-state index is 5.28. The van der Waals surface area contributed by atoms with Crippen molar-refractivity contribution in [3.63, 3.8) is 0 Å². The van der Waals surface area contributed by atoms with E-state index in [4.69, 9.17) is 9.72 Å². The largest absolute Gasteiger partial charge is 0.497 e. The Hall–Kier alpha value is -2.60. The van der Waals surface area contributed by atoms with E-state index in [9.17, 15) is 0 Å². The fourth-order valence-electron chi connectivity index (χ4n) is 4.66. The topological polar surface area (TPSA) is 48.1 Å². The molecule has 2 aromatic heterocycles. The Bertz CT molecular complexity index is 942. The van der Waals surface area contributed by atoms with Gasteiger partial charge in [0.05, 0.1) is 25.2 Å². The summed E-state index contributed by atoms with van der Waals surface area (Å²) in [6, 6.07) is 8.29. The van der Waals surface area contributed by atoms with Gasteiger partial charge in [0, 0.05) is 57.0 Å². The molecule has 0 unspecified atom stereocenters. The number of imidazole rings is 1. The Balaban J connectivity index is 1.33. The molecule has 0 radical (unpaired) electrons. The molecule has 1 aromatic carbocycles. The number of benzene rings is 1. The number of rotatable bonds is 4. The van der Waals surface area contributed by atoms with Crippen molar-refractivity contribution in [3.05, 3.63) is 54.2 Å². The Morgan fingerprint density at radius 3 is 2.63 bits per heavy atom. The van der Waals surface area contributed by atoms with E-state index in [-0.39, 0.29) is 0 Å². The van der Waals surface area contributed by atoms with E-state index in [1.807, 2.05) is 36.3 Å². The lowest BCUT2D eigenvalue weighted by Crippen LogP contribution is -2.28. The van der Waals surface area contributed by atoms with Gasteiger partial charge in [-0.25, -0.2) is 4.98 Å². The summed E-state index contributed by atoms with van der Waals surface area (Å²) in [7, 11) is 3.68. The molecule has 0 bridgehead atoms. The third kappa shape index (κ3) is 3.04. The second-order valence-electron chi connectivity index (χ2n) is 7.84. The summed E-state index contributed by atoms with van der Waals surface area (Å²) < 4.78 is 9.60. The molecule has 4 heterocycles. The summed E-state index contributed by atoms with van der Waals surface area (Å²) in [6.45, 7) is 4.36. The highest BCUT2D eigenvalue weighted by Crippen LogP contribution is 2.36. The summed E-state index contributed by atoms with van der Waals surface area (Å²) in [6.07, 6.45) is 7.21. The minimum Gasteiger partial charge on any atom is -0.497 e. The first-order valence-corrected chi connectivity index (χ1v) is 9.58. The van der Waals surface area contributed by atoms with E-state index in [0.29, 0.717) is 11.8 Å². The van der Waals surface area contributed by atoms with Crippen molar-refractivity contribution >= 4 is 0 Å². The van der Waals surface area contributed by atoms with Gasteiger partial charge in [0.1, 0.15) is 11.6 Å². The Kier molecular flexibility index (Phi) is 4.01. The van der Waals surface area contributed by atoms with Crippen LogP contribution in [0.2, 0.25) is 0 Å². The molecular formula is C21H25N5O. The number of nitrogens with zero attached hydrogens (tertiary/aromatic N) is 5. The van der Waals surface area contributed by atoms with E-state index in [0.717, 1.165) is 38.3 Å². The van der Waals surface area contributed by atoms with E-state index in [2.05, 4.69) is 32.9 Å². The maximum Gasteiger partial charge on any atom is 0.118 e. The van der Waals surface area contributed by atoms with E-state index in [1.165, 1.54) is 22.6 Å². The van der Waals surface area contributed by atoms with Crippen molar-refractivity contribution < 1.29 is 4.74 Å². The first-order chi connectivity index (χ1) is 13.2. The number of aromatic nitrogens is 4. The molecule has 0 N–H and O–H groups in total. The predicted molar refractivity (Wildman–Crippen MR) is 103 cm³/mol. The molecule has 0 spiro atoms. The Morgan fingerprint density at radius 1 is 1.07 bits per heavy atom. The monoisotopic (exact) mass is 363 g/mol. The summed E-state index contributed by atoms with van der Waals surface area (Å²) in [4.78, 5) is 7.32. The van der Waals surface area contributed by atoms with Crippen molar-refractivity contribution in [1.82, 2.24) is 24.2 Å². The lowest BCUT2D eigenvalue weighted by atomic mass is 9.89. The highest BCUT2D eigenvalue weighted by atomic mass is 16.5. The van der Waals surface area contributed by atoms with Crippen LogP contribution in [0, 0.1) is 11.8 Å². The first-order valence-electron chi connectivity index (χ1n) is 9.58. The molecular weight excluding hydrogens is 338 g/mol. The highest BCUT2D eigenvalue weighted by Gasteiger charge is 2.37. The molecule has 6 heteroatoms. The molecule has 6 nitrogen and oxygen atoms in total. The zero-order chi connectivity index (χ0) is 18.4. The second kappa shape index (κ2) is 6.53. The van der Waals surface area contributed by atoms with Crippen molar-refractivity contribution in [1.29, 1.82) is 0 Å². The molecule has 5 rings (SSSR count). The number of aryl methyl sites for hydroxylation is 1. The van der Waals surface area contributed by atoms with Gasteiger partial charge in [-0.15, -0.1) is 0 Å². The molecule has 27 heavy (non-hydrogen) atoms. The van der Waals surface area contributed by atoms with Crippen LogP contribution in [0.15, 0.2) is 42.9 Å². The molecule has 2 aliphatic rings. The van der Waals surface area contributed by atoms with Crippen LogP contribution in [0.25, 0.3) is 11.3 Å². The average Bonchev–Trinajstić information content (AvgIpc) is 3.38. The SMILES string of the molecule is COc1ccc(-c2cnc3n2C[C@@H]2CN(Cc4cnn(C)c4)C[C@@H]2C3)cc1. The maximum absolute atomic E-state index is 5.28. The lowest BCUT2D eigenvalue weighted by molar-refractivity contribution is 0.307. The van der Waals surface area contributed by atoms with Crippen LogP contribution in [0.5, 0.6) is 5.75 Å². The summed E-state index contributed by atoms with van der Waals surface area (Å²) in [5.41, 5.74) is 3.72. The molecule has 1 saturated heterocycles. The summed E-state index contributed by atoms with van der Waals surface area (Å²) in [5.74, 6) is 3.52. The Morgan fingerprint density at radius 2 is 1.89 bits per heavy atom. The molecule has 1 fully saturated rings. The highest BCUT2D eigenvalue weighted by molar-refractivity contribution is 5.60. The van der Waals surface area contributed by atoms with Gasteiger partial charge in [-0.1, -0.05) is 0 Å². The van der Waals surface area contributed by atoms with Gasteiger partial charge in [0.25, 0.3) is 0 Å². The van der Waals surface area contributed by atoms with Crippen LogP contribution in [0.1, 0.15) is 11.4 Å². The third-order valence-corrected chi connectivity index (χ3v) is 6.00. The van der Waals surface area contributed by atoms with E-state index < -0.39 is 0 Å². The standard InChI is InChI=1S/C21H25N5O/c1-24-10-15(8-23-24)11-25-12-17-7-21-22-9-20(26(21)14-18(17)13-25)16-3-5-19(27-2)6-4-16/h3-6,8-10,17-18H,7,11-14H2,1-2H3/t17-,18-/m0/s1. The van der Waals surface area contributed by atoms with Gasteiger partial charge < -0.3 is 9.30 Å². The minimum atomic E-state index is 0.695. The van der Waals surface area contributed by atoms with Crippen LogP contribution < -0.4 is 4.74 Å². The van der Waals surface area contributed by atoms with Gasteiger partial charge >= 0.3 is 0 Å². The zero-order valence-electron chi connectivity index (χ0n) is 15.9. The first kappa shape index (κ1) is 16.6. The van der Waals surface area contributed by atoms with Gasteiger partial charge in [0.15, 0.2) is 0 Å². The van der Waals surface area contributed by atoms with Crippen LogP contribution in [-0.4, -0.2) is 44.4 Å². The second-order valence-corrected chi connectivity index (χ2v) is 7.84. The van der Waals surface area contributed by atoms with Gasteiger partial charge in [-0.2, -0.15) is 5.10 Å². The number of likely N-dealkylation sites (tertiary alicyclic amines) is 1. The van der Waals surface area contributed by atoms with Gasteiger partial charge in [-0.3, -0.25) is 9.58 Å². The minimum absolute atomic E-state index is 0.695. The Labute approximate surface area is 159 Å². The number of fused-ring (bicyclic) bond motifs is 2. The van der Waals surface area contributed by atoms with Crippen molar-refractivity contribution in [2.75, 3.05) is 20.2 Å². The average molecular weight is 363 g/mol. The molecule has 0 aliphatic carbocycles. The van der Waals surface area contributed by atoms with Crippen molar-refractivity contribution in [3.8, 4) is 17.0 Å². The van der Waals surface area contributed by atoms with E-state index in [1.54, 1.807) is 7.11 Å².